The molecule has 0 aliphatic rings. The molecule has 2 unspecified atom stereocenters. The lowest BCUT2D eigenvalue weighted by molar-refractivity contribution is -0.873. The van der Waals surface area contributed by atoms with Crippen LogP contribution in [-0.2, 0) is 18.6 Å². The molecule has 0 saturated heterocycles. The molecule has 0 fully saturated rings. The van der Waals surface area contributed by atoms with Crippen molar-refractivity contribution in [3.8, 4) is 0 Å². The van der Waals surface area contributed by atoms with Crippen LogP contribution in [0.2, 0.25) is 0 Å². The normalized spacial score (nSPS) is 15.2. The summed E-state index contributed by atoms with van der Waals surface area (Å²) >= 11 is 0. The van der Waals surface area contributed by atoms with Crippen molar-refractivity contribution >= 4 is 14.6 Å². The minimum Gasteiger partial charge on any atom is -0.481 e. The lowest BCUT2D eigenvalue weighted by Crippen LogP contribution is -2.42. The van der Waals surface area contributed by atoms with Crippen molar-refractivity contribution in [1.82, 2.24) is 0 Å². The summed E-state index contributed by atoms with van der Waals surface area (Å²) in [5.74, 6) is -0.945. The zero-order chi connectivity index (χ0) is 22.1. The van der Waals surface area contributed by atoms with Crippen LogP contribution in [-0.4, -0.2) is 73.6 Å². The first-order valence-corrected chi connectivity index (χ1v) is 12.2. The van der Waals surface area contributed by atoms with Crippen LogP contribution in [0.4, 0.5) is 0 Å². The number of ether oxygens (including phenoxy) is 1. The third-order valence-electron chi connectivity index (χ3n) is 4.50. The predicted molar refractivity (Wildman–Crippen MR) is 118 cm³/mol. The number of carboxylic acids is 1. The van der Waals surface area contributed by atoms with E-state index in [0.717, 1.165) is 19.3 Å². The SMILES string of the molecule is CCCCCCCCC(C)OCCCCOP(O)O[C@H](CC(=O)O)C[N+](C)(C)C. The van der Waals surface area contributed by atoms with Gasteiger partial charge < -0.3 is 28.3 Å². The van der Waals surface area contributed by atoms with Gasteiger partial charge in [0.25, 0.3) is 0 Å². The number of rotatable bonds is 20. The molecule has 0 spiro atoms. The van der Waals surface area contributed by atoms with Gasteiger partial charge in [-0.25, -0.2) is 0 Å². The summed E-state index contributed by atoms with van der Waals surface area (Å²) in [6, 6.07) is 0. The van der Waals surface area contributed by atoms with E-state index in [9.17, 15) is 9.69 Å². The molecule has 0 radical (unpaired) electrons. The number of quaternary nitrogens is 1. The van der Waals surface area contributed by atoms with E-state index in [1.165, 1.54) is 38.5 Å². The number of likely N-dealkylation sites (N-methyl/N-ethyl adjacent to an activating group) is 1. The number of hydrogen-bond donors (Lipinski definition) is 2. The van der Waals surface area contributed by atoms with Crippen molar-refractivity contribution < 1.29 is 33.1 Å². The van der Waals surface area contributed by atoms with Crippen LogP contribution < -0.4 is 0 Å². The maximum absolute atomic E-state index is 11.0. The molecule has 0 aromatic rings. The molecular weight excluding hydrogens is 393 g/mol. The van der Waals surface area contributed by atoms with Gasteiger partial charge in [-0.15, -0.1) is 0 Å². The van der Waals surface area contributed by atoms with E-state index in [-0.39, 0.29) is 12.5 Å². The van der Waals surface area contributed by atoms with E-state index in [0.29, 0.717) is 24.2 Å². The zero-order valence-corrected chi connectivity index (χ0v) is 20.2. The van der Waals surface area contributed by atoms with Crippen LogP contribution in [0, 0.1) is 0 Å². The highest BCUT2D eigenvalue weighted by molar-refractivity contribution is 7.40. The molecule has 0 aliphatic carbocycles. The van der Waals surface area contributed by atoms with Crippen molar-refractivity contribution in [2.24, 2.45) is 0 Å². The molecule has 29 heavy (non-hydrogen) atoms. The summed E-state index contributed by atoms with van der Waals surface area (Å²) in [6.07, 6.45) is 10.1. The molecule has 0 heterocycles. The van der Waals surface area contributed by atoms with Gasteiger partial charge in [-0.3, -0.25) is 4.79 Å². The average molecular weight is 439 g/mol. The second kappa shape index (κ2) is 17.4. The lowest BCUT2D eigenvalue weighted by Gasteiger charge is -2.29. The van der Waals surface area contributed by atoms with Gasteiger partial charge in [0.2, 0.25) is 0 Å². The highest BCUT2D eigenvalue weighted by Crippen LogP contribution is 2.35. The predicted octanol–water partition coefficient (Wildman–Crippen LogP) is 4.72. The fourth-order valence-electron chi connectivity index (χ4n) is 3.03. The van der Waals surface area contributed by atoms with Gasteiger partial charge >= 0.3 is 14.6 Å². The van der Waals surface area contributed by atoms with Gasteiger partial charge in [0.05, 0.1) is 40.3 Å². The number of carboxylic acid groups (broad SMARTS) is 1. The quantitative estimate of drug-likeness (QED) is 0.162. The van der Waals surface area contributed by atoms with Crippen LogP contribution in [0.1, 0.15) is 78.1 Å². The Balaban J connectivity index is 3.75. The van der Waals surface area contributed by atoms with Crippen molar-refractivity contribution in [3.63, 3.8) is 0 Å². The fraction of sp³-hybridized carbons (Fsp3) is 0.952. The Morgan fingerprint density at radius 1 is 1.00 bits per heavy atom. The van der Waals surface area contributed by atoms with Gasteiger partial charge in [0, 0.05) is 6.61 Å². The summed E-state index contributed by atoms with van der Waals surface area (Å²) in [5.41, 5.74) is 0. The number of carbonyl (C=O) groups is 1. The van der Waals surface area contributed by atoms with Crippen molar-refractivity contribution in [3.05, 3.63) is 0 Å². The van der Waals surface area contributed by atoms with Gasteiger partial charge in [-0.05, 0) is 26.2 Å². The third-order valence-corrected chi connectivity index (χ3v) is 5.38. The van der Waals surface area contributed by atoms with Gasteiger partial charge in [0.15, 0.2) is 0 Å². The Morgan fingerprint density at radius 3 is 2.24 bits per heavy atom. The molecule has 0 amide bonds. The molecule has 0 aromatic heterocycles. The first-order chi connectivity index (χ1) is 13.6. The molecule has 3 atom stereocenters. The monoisotopic (exact) mass is 438 g/mol. The van der Waals surface area contributed by atoms with Gasteiger partial charge in [-0.1, -0.05) is 45.4 Å². The Bertz CT molecular complexity index is 405. The fourth-order valence-corrected chi connectivity index (χ4v) is 3.77. The Labute approximate surface area is 179 Å². The molecule has 0 saturated carbocycles. The standard InChI is InChI=1S/C21H44NO6P/c1-6-7-8-9-10-11-14-19(2)26-15-12-13-16-27-29(25)28-20(17-21(23)24)18-22(3,4)5/h19-20,25H,6-18H2,1-5H3/p+1/t19?,20-,29?/m1/s1. The van der Waals surface area contributed by atoms with Crippen molar-refractivity contribution in [2.75, 3.05) is 40.9 Å². The molecular formula is C21H45NO6P+. The first-order valence-electron chi connectivity index (χ1n) is 11.1. The Hall–Kier alpha value is -0.300. The molecule has 2 N–H and O–H groups in total. The lowest BCUT2D eigenvalue weighted by atomic mass is 10.1. The summed E-state index contributed by atoms with van der Waals surface area (Å²) in [5, 5.41) is 9.00. The zero-order valence-electron chi connectivity index (χ0n) is 19.3. The van der Waals surface area contributed by atoms with Crippen LogP contribution in [0.5, 0.6) is 0 Å². The van der Waals surface area contributed by atoms with E-state index < -0.39 is 20.7 Å². The maximum Gasteiger partial charge on any atom is 0.330 e. The minimum atomic E-state index is -2.07. The summed E-state index contributed by atoms with van der Waals surface area (Å²) in [6.45, 7) is 5.91. The molecule has 0 rings (SSSR count). The highest BCUT2D eigenvalue weighted by Gasteiger charge is 2.25. The molecule has 0 bridgehead atoms. The van der Waals surface area contributed by atoms with Crippen LogP contribution in [0.25, 0.3) is 0 Å². The second-order valence-electron chi connectivity index (χ2n) is 8.81. The molecule has 7 nitrogen and oxygen atoms in total. The second-order valence-corrected chi connectivity index (χ2v) is 9.76. The van der Waals surface area contributed by atoms with E-state index in [1.807, 2.05) is 21.1 Å². The largest absolute Gasteiger partial charge is 0.481 e. The summed E-state index contributed by atoms with van der Waals surface area (Å²) in [7, 11) is 3.79. The highest BCUT2D eigenvalue weighted by atomic mass is 31.2. The minimum absolute atomic E-state index is 0.150. The molecule has 8 heteroatoms. The third kappa shape index (κ3) is 20.7. The Morgan fingerprint density at radius 2 is 1.62 bits per heavy atom. The molecule has 0 aromatic carbocycles. The smallest absolute Gasteiger partial charge is 0.330 e. The molecule has 174 valence electrons. The number of aliphatic carboxylic acids is 1. The Kier molecular flexibility index (Phi) is 17.2. The van der Waals surface area contributed by atoms with Crippen LogP contribution >= 0.6 is 8.60 Å². The number of hydrogen-bond acceptors (Lipinski definition) is 5. The van der Waals surface area contributed by atoms with Gasteiger partial charge in [-0.2, -0.15) is 0 Å². The van der Waals surface area contributed by atoms with Crippen LogP contribution in [0.15, 0.2) is 0 Å². The first kappa shape index (κ1) is 28.7. The average Bonchev–Trinajstić information content (AvgIpc) is 2.58. The van der Waals surface area contributed by atoms with E-state index in [4.69, 9.17) is 18.9 Å². The van der Waals surface area contributed by atoms with Crippen molar-refractivity contribution in [1.29, 1.82) is 0 Å². The van der Waals surface area contributed by atoms with Crippen LogP contribution in [0.3, 0.4) is 0 Å². The topological polar surface area (TPSA) is 85.2 Å². The summed E-state index contributed by atoms with van der Waals surface area (Å²) in [4.78, 5) is 20.9. The number of nitrogens with zero attached hydrogens (tertiary/aromatic N) is 1. The summed E-state index contributed by atoms with van der Waals surface area (Å²) < 4.78 is 17.1. The van der Waals surface area contributed by atoms with E-state index in [1.54, 1.807) is 0 Å². The van der Waals surface area contributed by atoms with Gasteiger partial charge in [0.1, 0.15) is 12.6 Å². The van der Waals surface area contributed by atoms with E-state index >= 15 is 0 Å². The van der Waals surface area contributed by atoms with E-state index in [2.05, 4.69) is 13.8 Å². The maximum atomic E-state index is 11.0. The molecule has 0 aliphatic heterocycles. The van der Waals surface area contributed by atoms with Crippen molar-refractivity contribution in [2.45, 2.75) is 90.3 Å². The number of unbranched alkanes of at least 4 members (excludes halogenated alkanes) is 6.